The zero-order valence-electron chi connectivity index (χ0n) is 17.2. The molecule has 3 heteroatoms. The van der Waals surface area contributed by atoms with E-state index < -0.39 is 0 Å². The molecule has 26 heavy (non-hydrogen) atoms. The first-order valence-corrected chi connectivity index (χ1v) is 10.3. The normalized spacial score (nSPS) is 22.3. The van der Waals surface area contributed by atoms with Crippen LogP contribution in [0.2, 0.25) is 0 Å². The second kappa shape index (κ2) is 8.69. The van der Waals surface area contributed by atoms with Gasteiger partial charge in [-0.15, -0.1) is 0 Å². The van der Waals surface area contributed by atoms with Crippen molar-refractivity contribution in [1.29, 1.82) is 0 Å². The molecule has 0 saturated carbocycles. The Balaban J connectivity index is 1.41. The van der Waals surface area contributed by atoms with Crippen molar-refractivity contribution in [3.05, 3.63) is 41.5 Å². The number of piperidine rings is 1. The summed E-state index contributed by atoms with van der Waals surface area (Å²) >= 11 is 0. The predicted molar refractivity (Wildman–Crippen MR) is 113 cm³/mol. The first-order valence-electron chi connectivity index (χ1n) is 10.3. The number of hydrogen-bond acceptors (Lipinski definition) is 3. The zero-order chi connectivity index (χ0) is 18.6. The zero-order valence-corrected chi connectivity index (χ0v) is 17.2. The lowest BCUT2D eigenvalue weighted by Crippen LogP contribution is -2.52. The maximum atomic E-state index is 2.73. The van der Waals surface area contributed by atoms with Crippen molar-refractivity contribution < 1.29 is 0 Å². The second-order valence-electron chi connectivity index (χ2n) is 9.15. The van der Waals surface area contributed by atoms with Gasteiger partial charge in [-0.05, 0) is 49.5 Å². The summed E-state index contributed by atoms with van der Waals surface area (Å²) in [5, 5.41) is 0. The fourth-order valence-corrected chi connectivity index (χ4v) is 4.09. The average molecular weight is 356 g/mol. The third-order valence-electron chi connectivity index (χ3n) is 6.06. The maximum absolute atomic E-state index is 2.73. The minimum absolute atomic E-state index is 0.232. The molecule has 0 spiro atoms. The van der Waals surface area contributed by atoms with E-state index in [1.165, 1.54) is 63.2 Å². The van der Waals surface area contributed by atoms with Gasteiger partial charge < -0.3 is 4.90 Å². The summed E-state index contributed by atoms with van der Waals surface area (Å²) in [4.78, 5) is 7.78. The van der Waals surface area contributed by atoms with E-state index >= 15 is 0 Å². The van der Waals surface area contributed by atoms with Gasteiger partial charge in [0, 0.05) is 38.8 Å². The van der Waals surface area contributed by atoms with Crippen molar-refractivity contribution in [1.82, 2.24) is 14.7 Å². The summed E-state index contributed by atoms with van der Waals surface area (Å²) in [5.74, 6) is 0. The minimum atomic E-state index is 0.232. The summed E-state index contributed by atoms with van der Waals surface area (Å²) in [7, 11) is 2.24. The van der Waals surface area contributed by atoms with E-state index in [9.17, 15) is 0 Å². The number of piperazine rings is 1. The number of benzene rings is 1. The first-order chi connectivity index (χ1) is 12.4. The van der Waals surface area contributed by atoms with Gasteiger partial charge in [-0.2, -0.15) is 0 Å². The Morgan fingerprint density at radius 3 is 2.12 bits per heavy atom. The molecule has 0 radical (unpaired) electrons. The van der Waals surface area contributed by atoms with Crippen LogP contribution in [0.25, 0.3) is 6.08 Å². The van der Waals surface area contributed by atoms with E-state index in [1.54, 1.807) is 0 Å². The highest BCUT2D eigenvalue weighted by atomic mass is 15.3. The van der Waals surface area contributed by atoms with Gasteiger partial charge in [-0.3, -0.25) is 9.80 Å². The van der Waals surface area contributed by atoms with Crippen molar-refractivity contribution in [3.8, 4) is 0 Å². The molecule has 0 bridgehead atoms. The summed E-state index contributed by atoms with van der Waals surface area (Å²) < 4.78 is 0. The van der Waals surface area contributed by atoms with Crippen LogP contribution >= 0.6 is 0 Å². The molecule has 0 aliphatic carbocycles. The Hall–Kier alpha value is -1.16. The van der Waals surface area contributed by atoms with Crippen LogP contribution in [-0.4, -0.2) is 73.6 Å². The Morgan fingerprint density at radius 2 is 1.54 bits per heavy atom. The van der Waals surface area contributed by atoms with Crippen molar-refractivity contribution >= 4 is 6.08 Å². The fourth-order valence-electron chi connectivity index (χ4n) is 4.09. The molecule has 0 unspecified atom stereocenters. The first kappa shape index (κ1) is 19.6. The van der Waals surface area contributed by atoms with Crippen molar-refractivity contribution in [2.75, 3.05) is 52.9 Å². The topological polar surface area (TPSA) is 9.72 Å². The largest absolute Gasteiger partial charge is 0.304 e. The quantitative estimate of drug-likeness (QED) is 0.815. The molecule has 0 N–H and O–H groups in total. The molecule has 1 aromatic carbocycles. The Bertz CT molecular complexity index is 568. The van der Waals surface area contributed by atoms with Gasteiger partial charge in [-0.1, -0.05) is 57.2 Å². The standard InChI is InChI=1S/C23H37N3/c1-23(2,3)21-9-7-20(8-10-21)6-5-13-25-14-11-22(12-15-25)26-18-16-24(4)17-19-26/h5-10,22H,11-19H2,1-4H3/b6-5+. The molecule has 0 atom stereocenters. The van der Waals surface area contributed by atoms with E-state index in [0.29, 0.717) is 0 Å². The lowest BCUT2D eigenvalue weighted by atomic mass is 9.87. The summed E-state index contributed by atoms with van der Waals surface area (Å²) in [6.07, 6.45) is 7.27. The fraction of sp³-hybridized carbons (Fsp3) is 0.652. The van der Waals surface area contributed by atoms with Crippen LogP contribution in [0.4, 0.5) is 0 Å². The van der Waals surface area contributed by atoms with Gasteiger partial charge in [0.15, 0.2) is 0 Å². The molecule has 3 nitrogen and oxygen atoms in total. The maximum Gasteiger partial charge on any atom is 0.0166 e. The van der Waals surface area contributed by atoms with Gasteiger partial charge in [-0.25, -0.2) is 0 Å². The third-order valence-corrected chi connectivity index (χ3v) is 6.06. The summed E-state index contributed by atoms with van der Waals surface area (Å²) in [6.45, 7) is 15.3. The summed E-state index contributed by atoms with van der Waals surface area (Å²) in [6, 6.07) is 9.84. The smallest absolute Gasteiger partial charge is 0.0166 e. The van der Waals surface area contributed by atoms with E-state index in [-0.39, 0.29) is 5.41 Å². The molecule has 2 saturated heterocycles. The molecular weight excluding hydrogens is 318 g/mol. The van der Waals surface area contributed by atoms with Crippen LogP contribution in [-0.2, 0) is 5.41 Å². The Morgan fingerprint density at radius 1 is 0.923 bits per heavy atom. The van der Waals surface area contributed by atoms with Crippen molar-refractivity contribution in [2.45, 2.75) is 45.1 Å². The second-order valence-corrected chi connectivity index (χ2v) is 9.15. The van der Waals surface area contributed by atoms with E-state index in [1.807, 2.05) is 0 Å². The van der Waals surface area contributed by atoms with Gasteiger partial charge >= 0.3 is 0 Å². The van der Waals surface area contributed by atoms with Crippen molar-refractivity contribution in [2.24, 2.45) is 0 Å². The van der Waals surface area contributed by atoms with E-state index in [4.69, 9.17) is 0 Å². The highest BCUT2D eigenvalue weighted by molar-refractivity contribution is 5.50. The number of rotatable bonds is 4. The number of likely N-dealkylation sites (tertiary alicyclic amines) is 1. The SMILES string of the molecule is CN1CCN(C2CCN(C/C=C/c3ccc(C(C)(C)C)cc3)CC2)CC1. The van der Waals surface area contributed by atoms with Crippen LogP contribution in [0.5, 0.6) is 0 Å². The average Bonchev–Trinajstić information content (AvgIpc) is 2.63. The van der Waals surface area contributed by atoms with Crippen LogP contribution in [0.3, 0.4) is 0 Å². The molecule has 2 aliphatic heterocycles. The molecule has 1 aromatic rings. The van der Waals surface area contributed by atoms with Gasteiger partial charge in [0.2, 0.25) is 0 Å². The molecule has 0 amide bonds. The monoisotopic (exact) mass is 355 g/mol. The lowest BCUT2D eigenvalue weighted by Gasteiger charge is -2.41. The van der Waals surface area contributed by atoms with E-state index in [2.05, 4.69) is 78.9 Å². The van der Waals surface area contributed by atoms with Gasteiger partial charge in [0.25, 0.3) is 0 Å². The number of nitrogens with zero attached hydrogens (tertiary/aromatic N) is 3. The number of likely N-dealkylation sites (N-methyl/N-ethyl adjacent to an activating group) is 1. The molecule has 2 aliphatic rings. The molecule has 0 aromatic heterocycles. The van der Waals surface area contributed by atoms with Crippen LogP contribution in [0.1, 0.15) is 44.7 Å². The van der Waals surface area contributed by atoms with Crippen molar-refractivity contribution in [3.63, 3.8) is 0 Å². The van der Waals surface area contributed by atoms with Gasteiger partial charge in [0.1, 0.15) is 0 Å². The highest BCUT2D eigenvalue weighted by Crippen LogP contribution is 2.22. The molecule has 2 fully saturated rings. The molecule has 2 heterocycles. The molecule has 3 rings (SSSR count). The lowest BCUT2D eigenvalue weighted by molar-refractivity contribution is 0.0709. The molecule has 144 valence electrons. The summed E-state index contributed by atoms with van der Waals surface area (Å²) in [5.41, 5.74) is 2.95. The van der Waals surface area contributed by atoms with Gasteiger partial charge in [0.05, 0.1) is 0 Å². The number of hydrogen-bond donors (Lipinski definition) is 0. The van der Waals surface area contributed by atoms with E-state index in [0.717, 1.165) is 12.6 Å². The van der Waals surface area contributed by atoms with Crippen LogP contribution in [0.15, 0.2) is 30.3 Å². The Labute approximate surface area is 160 Å². The van der Waals surface area contributed by atoms with Crippen LogP contribution in [0, 0.1) is 0 Å². The molecular formula is C23H37N3. The highest BCUT2D eigenvalue weighted by Gasteiger charge is 2.26. The predicted octanol–water partition coefficient (Wildman–Crippen LogP) is 3.71. The minimum Gasteiger partial charge on any atom is -0.304 e. The van der Waals surface area contributed by atoms with Crippen LogP contribution < -0.4 is 0 Å². The third kappa shape index (κ3) is 5.42. The Kier molecular flexibility index (Phi) is 6.55.